The standard InChI is InChI=1S/C11H18N2O3S2/c1-9(10-4-5-17-8-10)6-12-11(14)7-13(2)18(3,15)16/h4-5,8-9H,6-7H2,1-3H3,(H,12,14)/t9-/m1/s1. The van der Waals surface area contributed by atoms with Gasteiger partial charge in [-0.3, -0.25) is 4.79 Å². The molecule has 0 bridgehead atoms. The molecule has 0 saturated heterocycles. The lowest BCUT2D eigenvalue weighted by atomic mass is 10.1. The van der Waals surface area contributed by atoms with Crippen molar-refractivity contribution in [2.75, 3.05) is 26.4 Å². The summed E-state index contributed by atoms with van der Waals surface area (Å²) in [7, 11) is -1.92. The first kappa shape index (κ1) is 15.1. The third-order valence-electron chi connectivity index (χ3n) is 2.65. The van der Waals surface area contributed by atoms with Gasteiger partial charge >= 0.3 is 0 Å². The van der Waals surface area contributed by atoms with Crippen LogP contribution in [0.2, 0.25) is 0 Å². The van der Waals surface area contributed by atoms with Crippen LogP contribution in [0.15, 0.2) is 16.8 Å². The summed E-state index contributed by atoms with van der Waals surface area (Å²) in [6, 6.07) is 2.02. The molecule has 0 aliphatic carbocycles. The molecule has 18 heavy (non-hydrogen) atoms. The van der Waals surface area contributed by atoms with Crippen LogP contribution < -0.4 is 5.32 Å². The van der Waals surface area contributed by atoms with Gasteiger partial charge in [0, 0.05) is 13.6 Å². The molecule has 1 atom stereocenters. The summed E-state index contributed by atoms with van der Waals surface area (Å²) in [5.74, 6) is -0.0613. The molecule has 0 aliphatic rings. The van der Waals surface area contributed by atoms with Gasteiger partial charge in [-0.1, -0.05) is 6.92 Å². The number of nitrogens with one attached hydrogen (secondary N) is 1. The Morgan fingerprint density at radius 2 is 2.22 bits per heavy atom. The first-order chi connectivity index (χ1) is 8.30. The summed E-state index contributed by atoms with van der Waals surface area (Å²) >= 11 is 1.62. The summed E-state index contributed by atoms with van der Waals surface area (Å²) in [5.41, 5.74) is 1.18. The van der Waals surface area contributed by atoms with E-state index in [0.29, 0.717) is 6.54 Å². The van der Waals surface area contributed by atoms with Crippen molar-refractivity contribution in [2.24, 2.45) is 0 Å². The highest BCUT2D eigenvalue weighted by atomic mass is 32.2. The van der Waals surface area contributed by atoms with Crippen molar-refractivity contribution in [3.8, 4) is 0 Å². The quantitative estimate of drug-likeness (QED) is 0.845. The first-order valence-electron chi connectivity index (χ1n) is 5.51. The van der Waals surface area contributed by atoms with Gasteiger partial charge in [-0.2, -0.15) is 15.6 Å². The van der Waals surface area contributed by atoms with Crippen LogP contribution in [0.5, 0.6) is 0 Å². The average Bonchev–Trinajstić information content (AvgIpc) is 2.77. The second-order valence-electron chi connectivity index (χ2n) is 4.28. The minimum Gasteiger partial charge on any atom is -0.354 e. The maximum Gasteiger partial charge on any atom is 0.235 e. The zero-order chi connectivity index (χ0) is 13.8. The number of nitrogens with zero attached hydrogens (tertiary/aromatic N) is 1. The molecule has 0 fully saturated rings. The fourth-order valence-electron chi connectivity index (χ4n) is 1.32. The predicted octanol–water partition coefficient (Wildman–Crippen LogP) is 0.859. The van der Waals surface area contributed by atoms with Gasteiger partial charge in [-0.05, 0) is 28.3 Å². The van der Waals surface area contributed by atoms with Crippen LogP contribution in [0.4, 0.5) is 0 Å². The average molecular weight is 290 g/mol. The van der Waals surface area contributed by atoms with E-state index in [2.05, 4.69) is 5.32 Å². The van der Waals surface area contributed by atoms with E-state index < -0.39 is 10.0 Å². The molecule has 1 heterocycles. The highest BCUT2D eigenvalue weighted by molar-refractivity contribution is 7.88. The normalized spacial score (nSPS) is 13.6. The maximum absolute atomic E-state index is 11.6. The Labute approximate surface area is 112 Å². The third kappa shape index (κ3) is 4.75. The Kier molecular flexibility index (Phi) is 5.30. The van der Waals surface area contributed by atoms with Crippen LogP contribution in [0.1, 0.15) is 18.4 Å². The van der Waals surface area contributed by atoms with Gasteiger partial charge in [0.1, 0.15) is 0 Å². The SMILES string of the molecule is C[C@H](CNC(=O)CN(C)S(C)(=O)=O)c1ccsc1. The summed E-state index contributed by atoms with van der Waals surface area (Å²) in [4.78, 5) is 11.6. The fraction of sp³-hybridized carbons (Fsp3) is 0.545. The lowest BCUT2D eigenvalue weighted by Gasteiger charge is -2.15. The highest BCUT2D eigenvalue weighted by Gasteiger charge is 2.15. The lowest BCUT2D eigenvalue weighted by molar-refractivity contribution is -0.121. The van der Waals surface area contributed by atoms with E-state index in [4.69, 9.17) is 0 Å². The molecule has 1 aromatic heterocycles. The van der Waals surface area contributed by atoms with E-state index in [1.54, 1.807) is 11.3 Å². The Bertz CT molecular complexity index is 482. The van der Waals surface area contributed by atoms with Crippen LogP contribution >= 0.6 is 11.3 Å². The van der Waals surface area contributed by atoms with Crippen molar-refractivity contribution in [2.45, 2.75) is 12.8 Å². The number of carbonyl (C=O) groups is 1. The van der Waals surface area contributed by atoms with Gasteiger partial charge in [0.25, 0.3) is 0 Å². The minimum atomic E-state index is -3.31. The van der Waals surface area contributed by atoms with E-state index >= 15 is 0 Å². The van der Waals surface area contributed by atoms with Crippen LogP contribution in [0, 0.1) is 0 Å². The molecule has 1 aromatic rings. The van der Waals surface area contributed by atoms with Crippen molar-refractivity contribution >= 4 is 27.3 Å². The number of amides is 1. The van der Waals surface area contributed by atoms with Gasteiger partial charge in [0.15, 0.2) is 0 Å². The van der Waals surface area contributed by atoms with Crippen LogP contribution in [0.3, 0.4) is 0 Å². The van der Waals surface area contributed by atoms with Crippen LogP contribution in [0.25, 0.3) is 0 Å². The molecule has 0 saturated carbocycles. The number of thiophene rings is 1. The highest BCUT2D eigenvalue weighted by Crippen LogP contribution is 2.16. The lowest BCUT2D eigenvalue weighted by Crippen LogP contribution is -2.39. The number of sulfonamides is 1. The Morgan fingerprint density at radius 3 is 2.72 bits per heavy atom. The Morgan fingerprint density at radius 1 is 1.56 bits per heavy atom. The summed E-state index contributed by atoms with van der Waals surface area (Å²) in [6.45, 7) is 2.38. The predicted molar refractivity (Wildman–Crippen MR) is 73.2 cm³/mol. The molecular formula is C11H18N2O3S2. The van der Waals surface area contributed by atoms with Crippen molar-refractivity contribution in [1.82, 2.24) is 9.62 Å². The monoisotopic (exact) mass is 290 g/mol. The third-order valence-corrected chi connectivity index (χ3v) is 4.61. The molecule has 7 heteroatoms. The molecule has 0 aromatic carbocycles. The second-order valence-corrected chi connectivity index (χ2v) is 7.15. The van der Waals surface area contributed by atoms with E-state index in [0.717, 1.165) is 10.6 Å². The Hall–Kier alpha value is -0.920. The summed E-state index contributed by atoms with van der Waals surface area (Å²) in [5, 5.41) is 6.77. The van der Waals surface area contributed by atoms with Gasteiger partial charge in [-0.15, -0.1) is 0 Å². The van der Waals surface area contributed by atoms with E-state index in [1.807, 2.05) is 23.8 Å². The van der Waals surface area contributed by atoms with Gasteiger partial charge in [0.2, 0.25) is 15.9 Å². The second kappa shape index (κ2) is 6.31. The molecule has 0 radical (unpaired) electrons. The molecule has 0 unspecified atom stereocenters. The molecule has 102 valence electrons. The van der Waals surface area contributed by atoms with E-state index in [-0.39, 0.29) is 18.4 Å². The van der Waals surface area contributed by atoms with E-state index in [1.165, 1.54) is 12.6 Å². The molecule has 1 amide bonds. The van der Waals surface area contributed by atoms with Crippen molar-refractivity contribution in [3.63, 3.8) is 0 Å². The van der Waals surface area contributed by atoms with Crippen molar-refractivity contribution in [3.05, 3.63) is 22.4 Å². The maximum atomic E-state index is 11.6. The van der Waals surface area contributed by atoms with Crippen molar-refractivity contribution in [1.29, 1.82) is 0 Å². The van der Waals surface area contributed by atoms with Gasteiger partial charge in [-0.25, -0.2) is 8.42 Å². The minimum absolute atomic E-state index is 0.144. The summed E-state index contributed by atoms with van der Waals surface area (Å²) < 4.78 is 23.3. The zero-order valence-electron chi connectivity index (χ0n) is 10.7. The van der Waals surface area contributed by atoms with Gasteiger partial charge in [0.05, 0.1) is 12.8 Å². The van der Waals surface area contributed by atoms with Crippen LogP contribution in [-0.2, 0) is 14.8 Å². The summed E-state index contributed by atoms with van der Waals surface area (Å²) in [6.07, 6.45) is 1.08. The van der Waals surface area contributed by atoms with E-state index in [9.17, 15) is 13.2 Å². The number of carbonyl (C=O) groups excluding carboxylic acids is 1. The fourth-order valence-corrected chi connectivity index (χ4v) is 2.45. The van der Waals surface area contributed by atoms with Gasteiger partial charge < -0.3 is 5.32 Å². The van der Waals surface area contributed by atoms with Crippen molar-refractivity contribution < 1.29 is 13.2 Å². The Balaban J connectivity index is 2.38. The molecular weight excluding hydrogens is 272 g/mol. The largest absolute Gasteiger partial charge is 0.354 e. The number of hydrogen-bond donors (Lipinski definition) is 1. The molecule has 0 aliphatic heterocycles. The number of rotatable bonds is 6. The van der Waals surface area contributed by atoms with Crippen LogP contribution in [-0.4, -0.2) is 45.0 Å². The molecule has 5 nitrogen and oxygen atoms in total. The number of likely N-dealkylation sites (N-methyl/N-ethyl adjacent to an activating group) is 1. The number of hydrogen-bond acceptors (Lipinski definition) is 4. The zero-order valence-corrected chi connectivity index (χ0v) is 12.3. The smallest absolute Gasteiger partial charge is 0.235 e. The molecule has 0 spiro atoms. The first-order valence-corrected chi connectivity index (χ1v) is 8.30. The molecule has 1 rings (SSSR count). The topological polar surface area (TPSA) is 66.5 Å². The molecule has 1 N–H and O–H groups in total.